The molecular formula is C18H10O5S. The molecule has 0 saturated carbocycles. The average Bonchev–Trinajstić information content (AvgIpc) is 3.23. The Morgan fingerprint density at radius 2 is 1.83 bits per heavy atom. The summed E-state index contributed by atoms with van der Waals surface area (Å²) >= 11 is 1.53. The number of hydrogen-bond acceptors (Lipinski definition) is 6. The van der Waals surface area contributed by atoms with Crippen LogP contribution in [0.4, 0.5) is 0 Å². The van der Waals surface area contributed by atoms with Crippen LogP contribution < -0.4 is 14.9 Å². The third-order valence-corrected chi connectivity index (χ3v) is 5.05. The van der Waals surface area contributed by atoms with Crippen LogP contribution >= 0.6 is 11.3 Å². The van der Waals surface area contributed by atoms with Gasteiger partial charge in [-0.15, -0.1) is 11.3 Å². The van der Waals surface area contributed by atoms with Crippen LogP contribution in [0.3, 0.4) is 0 Å². The summed E-state index contributed by atoms with van der Waals surface area (Å²) in [7, 11) is 0. The molecule has 0 saturated heterocycles. The Balaban J connectivity index is 1.85. The molecule has 0 atom stereocenters. The number of aromatic hydroxyl groups is 1. The molecule has 1 aliphatic heterocycles. The summed E-state index contributed by atoms with van der Waals surface area (Å²) in [4.78, 5) is 12.6. The van der Waals surface area contributed by atoms with Gasteiger partial charge in [-0.2, -0.15) is 0 Å². The molecule has 1 aliphatic rings. The molecule has 0 bridgehead atoms. The van der Waals surface area contributed by atoms with Gasteiger partial charge in [-0.05, 0) is 12.1 Å². The standard InChI is InChI=1S/C18H10O5S/c19-16-10-5-13-14(22-8-21-13)6-12(10)23-18(17(16)20)11-7-24-15-4-2-1-3-9(11)15/h1-7,20H,8H2. The van der Waals surface area contributed by atoms with E-state index in [0.717, 1.165) is 10.1 Å². The van der Waals surface area contributed by atoms with Crippen molar-refractivity contribution >= 4 is 32.4 Å². The minimum Gasteiger partial charge on any atom is -0.502 e. The van der Waals surface area contributed by atoms with Crippen molar-refractivity contribution in [2.75, 3.05) is 6.79 Å². The van der Waals surface area contributed by atoms with Crippen molar-refractivity contribution in [3.8, 4) is 28.6 Å². The molecule has 0 amide bonds. The third kappa shape index (κ3) is 1.77. The minimum atomic E-state index is -0.486. The zero-order chi connectivity index (χ0) is 16.3. The maximum atomic E-state index is 12.6. The molecule has 2 aromatic heterocycles. The number of benzene rings is 2. The molecule has 118 valence electrons. The second-order valence-corrected chi connectivity index (χ2v) is 6.37. The first-order valence-corrected chi connectivity index (χ1v) is 8.16. The molecule has 5 rings (SSSR count). The Morgan fingerprint density at radius 1 is 1.04 bits per heavy atom. The monoisotopic (exact) mass is 338 g/mol. The molecular weight excluding hydrogens is 328 g/mol. The van der Waals surface area contributed by atoms with Gasteiger partial charge in [-0.25, -0.2) is 0 Å². The van der Waals surface area contributed by atoms with Crippen LogP contribution in [-0.4, -0.2) is 11.9 Å². The van der Waals surface area contributed by atoms with Gasteiger partial charge in [0.1, 0.15) is 5.58 Å². The Labute approximate surface area is 139 Å². The number of fused-ring (bicyclic) bond motifs is 3. The van der Waals surface area contributed by atoms with E-state index in [0.29, 0.717) is 22.6 Å². The largest absolute Gasteiger partial charge is 0.502 e. The van der Waals surface area contributed by atoms with Crippen LogP contribution in [0.5, 0.6) is 17.2 Å². The van der Waals surface area contributed by atoms with E-state index in [1.165, 1.54) is 11.3 Å². The summed E-state index contributed by atoms with van der Waals surface area (Å²) in [6, 6.07) is 10.9. The molecule has 4 aromatic rings. The average molecular weight is 338 g/mol. The van der Waals surface area contributed by atoms with Crippen LogP contribution in [0, 0.1) is 0 Å². The van der Waals surface area contributed by atoms with Crippen molar-refractivity contribution in [2.24, 2.45) is 0 Å². The first-order chi connectivity index (χ1) is 11.7. The highest BCUT2D eigenvalue weighted by atomic mass is 32.1. The SMILES string of the molecule is O=c1c(O)c(-c2csc3ccccc23)oc2cc3c(cc12)OCO3. The highest BCUT2D eigenvalue weighted by Gasteiger charge is 2.22. The summed E-state index contributed by atoms with van der Waals surface area (Å²) in [5.41, 5.74) is 0.567. The van der Waals surface area contributed by atoms with Crippen LogP contribution in [0.2, 0.25) is 0 Å². The van der Waals surface area contributed by atoms with E-state index in [-0.39, 0.29) is 17.9 Å². The summed E-state index contributed by atoms with van der Waals surface area (Å²) in [5, 5.41) is 13.5. The first-order valence-electron chi connectivity index (χ1n) is 7.28. The van der Waals surface area contributed by atoms with Gasteiger partial charge in [0.05, 0.1) is 5.39 Å². The predicted octanol–water partition coefficient (Wildman–Crippen LogP) is 4.11. The minimum absolute atomic E-state index is 0.105. The normalized spacial score (nSPS) is 13.0. The highest BCUT2D eigenvalue weighted by Crippen LogP contribution is 2.41. The molecule has 2 aromatic carbocycles. The molecule has 0 aliphatic carbocycles. The number of rotatable bonds is 1. The summed E-state index contributed by atoms with van der Waals surface area (Å²) < 4.78 is 17.5. The molecule has 3 heterocycles. The summed E-state index contributed by atoms with van der Waals surface area (Å²) in [6.45, 7) is 0.105. The van der Waals surface area contributed by atoms with Gasteiger partial charge in [0.2, 0.25) is 18.0 Å². The second kappa shape index (κ2) is 4.75. The Morgan fingerprint density at radius 3 is 2.71 bits per heavy atom. The van der Waals surface area contributed by atoms with Crippen molar-refractivity contribution in [2.45, 2.75) is 0 Å². The zero-order valence-electron chi connectivity index (χ0n) is 12.2. The van der Waals surface area contributed by atoms with E-state index in [9.17, 15) is 9.90 Å². The maximum absolute atomic E-state index is 12.6. The Kier molecular flexibility index (Phi) is 2.66. The van der Waals surface area contributed by atoms with Crippen LogP contribution in [0.25, 0.3) is 32.4 Å². The number of ether oxygens (including phenoxy) is 2. The number of hydrogen-bond donors (Lipinski definition) is 1. The quantitative estimate of drug-likeness (QED) is 0.566. The fourth-order valence-corrected chi connectivity index (χ4v) is 3.85. The van der Waals surface area contributed by atoms with Gasteiger partial charge in [0.15, 0.2) is 17.3 Å². The van der Waals surface area contributed by atoms with Crippen molar-refractivity contribution in [3.63, 3.8) is 0 Å². The predicted molar refractivity (Wildman–Crippen MR) is 91.1 cm³/mol. The van der Waals surface area contributed by atoms with E-state index in [1.807, 2.05) is 29.6 Å². The maximum Gasteiger partial charge on any atom is 0.235 e. The van der Waals surface area contributed by atoms with E-state index in [2.05, 4.69) is 0 Å². The smallest absolute Gasteiger partial charge is 0.235 e. The van der Waals surface area contributed by atoms with E-state index in [1.54, 1.807) is 12.1 Å². The van der Waals surface area contributed by atoms with Crippen molar-refractivity contribution < 1.29 is 19.0 Å². The van der Waals surface area contributed by atoms with Crippen LogP contribution in [0.1, 0.15) is 0 Å². The van der Waals surface area contributed by atoms with Crippen molar-refractivity contribution in [1.82, 2.24) is 0 Å². The van der Waals surface area contributed by atoms with Gasteiger partial charge < -0.3 is 19.0 Å². The van der Waals surface area contributed by atoms with Gasteiger partial charge in [0, 0.05) is 27.1 Å². The molecule has 0 spiro atoms. The van der Waals surface area contributed by atoms with Gasteiger partial charge >= 0.3 is 0 Å². The van der Waals surface area contributed by atoms with E-state index in [4.69, 9.17) is 13.9 Å². The van der Waals surface area contributed by atoms with E-state index >= 15 is 0 Å². The number of thiophene rings is 1. The lowest BCUT2D eigenvalue weighted by Gasteiger charge is -2.06. The molecule has 5 nitrogen and oxygen atoms in total. The first kappa shape index (κ1) is 13.4. The third-order valence-electron chi connectivity index (χ3n) is 4.09. The lowest BCUT2D eigenvalue weighted by Crippen LogP contribution is -2.02. The summed E-state index contributed by atoms with van der Waals surface area (Å²) in [5.74, 6) is 0.772. The fourth-order valence-electron chi connectivity index (χ4n) is 2.91. The molecule has 1 N–H and O–H groups in total. The van der Waals surface area contributed by atoms with Crippen molar-refractivity contribution in [3.05, 3.63) is 52.0 Å². The lowest BCUT2D eigenvalue weighted by atomic mass is 10.1. The van der Waals surface area contributed by atoms with Crippen molar-refractivity contribution in [1.29, 1.82) is 0 Å². The molecule has 6 heteroatoms. The Hall–Kier alpha value is -2.99. The lowest BCUT2D eigenvalue weighted by molar-refractivity contribution is 0.174. The second-order valence-electron chi connectivity index (χ2n) is 5.46. The van der Waals surface area contributed by atoms with Gasteiger partial charge in [-0.3, -0.25) is 4.79 Å². The molecule has 0 radical (unpaired) electrons. The summed E-state index contributed by atoms with van der Waals surface area (Å²) in [6.07, 6.45) is 0. The zero-order valence-corrected chi connectivity index (χ0v) is 13.1. The Bertz CT molecular complexity index is 1170. The van der Waals surface area contributed by atoms with Crippen LogP contribution in [0.15, 0.2) is 51.0 Å². The highest BCUT2D eigenvalue weighted by molar-refractivity contribution is 7.17. The topological polar surface area (TPSA) is 68.9 Å². The molecule has 24 heavy (non-hydrogen) atoms. The van der Waals surface area contributed by atoms with Gasteiger partial charge in [0.25, 0.3) is 0 Å². The molecule has 0 fully saturated rings. The fraction of sp³-hybridized carbons (Fsp3) is 0.0556. The van der Waals surface area contributed by atoms with Crippen LogP contribution in [-0.2, 0) is 0 Å². The van der Waals surface area contributed by atoms with Gasteiger partial charge in [-0.1, -0.05) is 18.2 Å². The molecule has 0 unspecified atom stereocenters. The van der Waals surface area contributed by atoms with E-state index < -0.39 is 11.2 Å².